The first-order chi connectivity index (χ1) is 9.29. The Bertz CT molecular complexity index is 603. The second-order valence-electron chi connectivity index (χ2n) is 4.16. The van der Waals surface area contributed by atoms with Crippen LogP contribution < -0.4 is 4.72 Å². The molecule has 7 nitrogen and oxygen atoms in total. The van der Waals surface area contributed by atoms with Crippen LogP contribution in [0.5, 0.6) is 0 Å². The van der Waals surface area contributed by atoms with Crippen molar-refractivity contribution in [2.45, 2.75) is 24.7 Å². The Morgan fingerprint density at radius 3 is 2.60 bits per heavy atom. The lowest BCUT2D eigenvalue weighted by molar-refractivity contribution is -0.387. The predicted octanol–water partition coefficient (Wildman–Crippen LogP) is 1.09. The van der Waals surface area contributed by atoms with Gasteiger partial charge in [0.1, 0.15) is 0 Å². The first kappa shape index (κ1) is 16.5. The number of nitro benzene ring substituents is 1. The lowest BCUT2D eigenvalue weighted by Gasteiger charge is -2.08. The number of unbranched alkanes of at least 4 members (excludes halogenated alkanes) is 1. The SMILES string of the molecule is Cc1cc(S(=O)(=O)NCCCCO)cc([N+](=O)[O-])c1F. The summed E-state index contributed by atoms with van der Waals surface area (Å²) < 4.78 is 39.6. The first-order valence-electron chi connectivity index (χ1n) is 5.84. The number of halogens is 1. The monoisotopic (exact) mass is 306 g/mol. The molecular formula is C11H15FN2O5S. The van der Waals surface area contributed by atoms with Crippen molar-refractivity contribution < 1.29 is 22.8 Å². The summed E-state index contributed by atoms with van der Waals surface area (Å²) in [5.41, 5.74) is -0.990. The summed E-state index contributed by atoms with van der Waals surface area (Å²) in [6.07, 6.45) is 0.864. The number of sulfonamides is 1. The molecule has 20 heavy (non-hydrogen) atoms. The van der Waals surface area contributed by atoms with Crippen molar-refractivity contribution in [2.24, 2.45) is 0 Å². The van der Waals surface area contributed by atoms with Gasteiger partial charge in [0.25, 0.3) is 0 Å². The van der Waals surface area contributed by atoms with Gasteiger partial charge in [0.15, 0.2) is 0 Å². The molecule has 0 saturated heterocycles. The molecule has 0 aliphatic carbocycles. The number of hydrogen-bond donors (Lipinski definition) is 2. The Morgan fingerprint density at radius 2 is 2.05 bits per heavy atom. The molecule has 0 aliphatic rings. The maximum Gasteiger partial charge on any atom is 0.306 e. The highest BCUT2D eigenvalue weighted by atomic mass is 32.2. The van der Waals surface area contributed by atoms with E-state index in [-0.39, 0.29) is 23.6 Å². The van der Waals surface area contributed by atoms with Gasteiger partial charge in [0, 0.05) is 19.2 Å². The topological polar surface area (TPSA) is 110 Å². The van der Waals surface area contributed by atoms with E-state index in [2.05, 4.69) is 4.72 Å². The highest BCUT2D eigenvalue weighted by Gasteiger charge is 2.23. The van der Waals surface area contributed by atoms with Crippen molar-refractivity contribution in [1.29, 1.82) is 0 Å². The van der Waals surface area contributed by atoms with Crippen LogP contribution in [0, 0.1) is 22.9 Å². The molecule has 0 spiro atoms. The number of nitro groups is 1. The van der Waals surface area contributed by atoms with Crippen LogP contribution in [0.1, 0.15) is 18.4 Å². The molecule has 0 atom stereocenters. The van der Waals surface area contributed by atoms with Gasteiger partial charge in [-0.2, -0.15) is 4.39 Å². The number of aryl methyl sites for hydroxylation is 1. The van der Waals surface area contributed by atoms with Gasteiger partial charge in [-0.1, -0.05) is 0 Å². The minimum atomic E-state index is -3.94. The van der Waals surface area contributed by atoms with Gasteiger partial charge in [-0.15, -0.1) is 0 Å². The molecule has 0 bridgehead atoms. The molecule has 1 aromatic carbocycles. The van der Waals surface area contributed by atoms with E-state index in [0.717, 1.165) is 6.07 Å². The number of aliphatic hydroxyl groups excluding tert-OH is 1. The Balaban J connectivity index is 3.04. The Labute approximate surface area is 115 Å². The van der Waals surface area contributed by atoms with Crippen LogP contribution in [-0.2, 0) is 10.0 Å². The first-order valence-corrected chi connectivity index (χ1v) is 7.33. The normalized spacial score (nSPS) is 11.6. The van der Waals surface area contributed by atoms with E-state index in [1.165, 1.54) is 6.92 Å². The van der Waals surface area contributed by atoms with Crippen LogP contribution in [0.25, 0.3) is 0 Å². The van der Waals surface area contributed by atoms with E-state index >= 15 is 0 Å². The molecule has 9 heteroatoms. The largest absolute Gasteiger partial charge is 0.396 e. The molecule has 1 rings (SSSR count). The predicted molar refractivity (Wildman–Crippen MR) is 69.3 cm³/mol. The summed E-state index contributed by atoms with van der Waals surface area (Å²) in [6, 6.07) is 1.73. The number of benzene rings is 1. The molecule has 0 radical (unpaired) electrons. The molecule has 0 unspecified atom stereocenters. The summed E-state index contributed by atoms with van der Waals surface area (Å²) in [4.78, 5) is 9.36. The van der Waals surface area contributed by atoms with Gasteiger partial charge in [0.05, 0.1) is 9.82 Å². The van der Waals surface area contributed by atoms with Gasteiger partial charge in [0.2, 0.25) is 15.8 Å². The summed E-state index contributed by atoms with van der Waals surface area (Å²) in [6.45, 7) is 1.29. The third kappa shape index (κ3) is 3.95. The maximum absolute atomic E-state index is 13.5. The molecule has 0 aromatic heterocycles. The third-order valence-corrected chi connectivity index (χ3v) is 4.03. The summed E-state index contributed by atoms with van der Waals surface area (Å²) >= 11 is 0. The second kappa shape index (κ2) is 6.73. The molecule has 0 fully saturated rings. The number of nitrogens with zero attached hydrogens (tertiary/aromatic N) is 1. The minimum Gasteiger partial charge on any atom is -0.396 e. The zero-order valence-corrected chi connectivity index (χ0v) is 11.6. The highest BCUT2D eigenvalue weighted by Crippen LogP contribution is 2.24. The summed E-state index contributed by atoms with van der Waals surface area (Å²) in [5, 5.41) is 19.3. The fourth-order valence-corrected chi connectivity index (χ4v) is 2.71. The second-order valence-corrected chi connectivity index (χ2v) is 5.93. The quantitative estimate of drug-likeness (QED) is 0.445. The number of hydrogen-bond acceptors (Lipinski definition) is 5. The van der Waals surface area contributed by atoms with Crippen LogP contribution >= 0.6 is 0 Å². The van der Waals surface area contributed by atoms with Gasteiger partial charge < -0.3 is 5.11 Å². The maximum atomic E-state index is 13.5. The molecule has 0 aliphatic heterocycles. The fourth-order valence-electron chi connectivity index (χ4n) is 1.53. The lowest BCUT2D eigenvalue weighted by atomic mass is 10.2. The van der Waals surface area contributed by atoms with Crippen molar-refractivity contribution in [1.82, 2.24) is 4.72 Å². The molecule has 0 saturated carbocycles. The smallest absolute Gasteiger partial charge is 0.306 e. The molecule has 112 valence electrons. The average molecular weight is 306 g/mol. The molecule has 0 heterocycles. The van der Waals surface area contributed by atoms with Crippen LogP contribution in [0.4, 0.5) is 10.1 Å². The summed E-state index contributed by atoms with van der Waals surface area (Å²) in [5.74, 6) is -1.05. The highest BCUT2D eigenvalue weighted by molar-refractivity contribution is 7.89. The standard InChI is InChI=1S/C11H15FN2O5S/c1-8-6-9(7-10(11(8)12)14(16)17)20(18,19)13-4-2-3-5-15/h6-7,13,15H,2-5H2,1H3. The number of rotatable bonds is 7. The van der Waals surface area contributed by atoms with Crippen LogP contribution in [-0.4, -0.2) is 31.6 Å². The van der Waals surface area contributed by atoms with Crippen LogP contribution in [0.2, 0.25) is 0 Å². The third-order valence-electron chi connectivity index (χ3n) is 2.59. The van der Waals surface area contributed by atoms with Gasteiger partial charge in [-0.3, -0.25) is 10.1 Å². The number of nitrogens with one attached hydrogen (secondary N) is 1. The Kier molecular flexibility index (Phi) is 5.54. The van der Waals surface area contributed by atoms with Gasteiger partial charge in [-0.05, 0) is 31.4 Å². The average Bonchev–Trinajstić information content (AvgIpc) is 2.37. The van der Waals surface area contributed by atoms with E-state index in [9.17, 15) is 22.9 Å². The minimum absolute atomic E-state index is 0.0527. The van der Waals surface area contributed by atoms with Crippen molar-refractivity contribution in [2.75, 3.05) is 13.2 Å². The van der Waals surface area contributed by atoms with Gasteiger partial charge in [-0.25, -0.2) is 13.1 Å². The zero-order chi connectivity index (χ0) is 15.3. The fraction of sp³-hybridized carbons (Fsp3) is 0.455. The van der Waals surface area contributed by atoms with E-state index in [4.69, 9.17) is 5.11 Å². The van der Waals surface area contributed by atoms with E-state index in [0.29, 0.717) is 18.9 Å². The molecular weight excluding hydrogens is 291 g/mol. The van der Waals surface area contributed by atoms with E-state index < -0.39 is 26.5 Å². The Morgan fingerprint density at radius 1 is 1.40 bits per heavy atom. The van der Waals surface area contributed by atoms with Crippen molar-refractivity contribution in [3.8, 4) is 0 Å². The summed E-state index contributed by atoms with van der Waals surface area (Å²) in [7, 11) is -3.94. The van der Waals surface area contributed by atoms with Crippen molar-refractivity contribution in [3.63, 3.8) is 0 Å². The molecule has 1 aromatic rings. The van der Waals surface area contributed by atoms with Crippen LogP contribution in [0.3, 0.4) is 0 Å². The van der Waals surface area contributed by atoms with Crippen molar-refractivity contribution >= 4 is 15.7 Å². The zero-order valence-electron chi connectivity index (χ0n) is 10.8. The molecule has 2 N–H and O–H groups in total. The number of aliphatic hydroxyl groups is 1. The Hall–Kier alpha value is -1.58. The van der Waals surface area contributed by atoms with E-state index in [1.807, 2.05) is 0 Å². The molecule has 0 amide bonds. The van der Waals surface area contributed by atoms with Crippen LogP contribution in [0.15, 0.2) is 17.0 Å². The lowest BCUT2D eigenvalue weighted by Crippen LogP contribution is -2.25. The van der Waals surface area contributed by atoms with Crippen molar-refractivity contribution in [3.05, 3.63) is 33.6 Å². The van der Waals surface area contributed by atoms with Gasteiger partial charge >= 0.3 is 5.69 Å². The van der Waals surface area contributed by atoms with E-state index in [1.54, 1.807) is 0 Å².